The highest BCUT2D eigenvalue weighted by atomic mass is 79.9. The molecule has 0 atom stereocenters. The summed E-state index contributed by atoms with van der Waals surface area (Å²) in [7, 11) is -2.07. The highest BCUT2D eigenvalue weighted by Gasteiger charge is 2.30. The number of hydrogen-bond donors (Lipinski definition) is 0. The molecule has 8 heteroatoms. The van der Waals surface area contributed by atoms with Gasteiger partial charge in [-0.15, -0.1) is 11.8 Å². The van der Waals surface area contributed by atoms with Crippen molar-refractivity contribution in [3.63, 3.8) is 0 Å². The Morgan fingerprint density at radius 1 is 1.27 bits per heavy atom. The highest BCUT2D eigenvalue weighted by Crippen LogP contribution is 2.41. The molecule has 1 aromatic carbocycles. The van der Waals surface area contributed by atoms with Crippen molar-refractivity contribution in [1.29, 1.82) is 0 Å². The molecule has 2 heterocycles. The molecule has 0 unspecified atom stereocenters. The van der Waals surface area contributed by atoms with Gasteiger partial charge in [0.25, 0.3) is 10.0 Å². The maximum atomic E-state index is 12.9. The standard InChI is InChI=1S/C14H13BrN2O3S2/c1-20-10-2-4-11(5-3-10)22(18,19)17-6-7-21-14-12(15)8-16-9-13(14)17/h2-5,8-9H,6-7H2,1H3. The van der Waals surface area contributed by atoms with Crippen LogP contribution < -0.4 is 9.04 Å². The molecule has 0 saturated carbocycles. The van der Waals surface area contributed by atoms with Crippen LogP contribution in [0.4, 0.5) is 5.69 Å². The molecule has 0 bridgehead atoms. The molecule has 1 aromatic heterocycles. The fourth-order valence-corrected chi connectivity index (χ4v) is 5.49. The minimum absolute atomic E-state index is 0.242. The van der Waals surface area contributed by atoms with E-state index in [4.69, 9.17) is 4.74 Å². The Balaban J connectivity index is 2.05. The normalized spacial score (nSPS) is 14.5. The van der Waals surface area contributed by atoms with Crippen LogP contribution in [0.5, 0.6) is 5.75 Å². The summed E-state index contributed by atoms with van der Waals surface area (Å²) in [6, 6.07) is 6.40. The van der Waals surface area contributed by atoms with Crippen LogP contribution in [0.1, 0.15) is 0 Å². The second-order valence-electron chi connectivity index (χ2n) is 4.57. The van der Waals surface area contributed by atoms with Crippen LogP contribution >= 0.6 is 27.7 Å². The molecule has 5 nitrogen and oxygen atoms in total. The minimum Gasteiger partial charge on any atom is -0.497 e. The SMILES string of the molecule is COc1ccc(S(=O)(=O)N2CCSc3c(Br)cncc32)cc1. The number of rotatable bonds is 3. The quantitative estimate of drug-likeness (QED) is 0.791. The molecule has 22 heavy (non-hydrogen) atoms. The van der Waals surface area contributed by atoms with Gasteiger partial charge >= 0.3 is 0 Å². The predicted octanol–water partition coefficient (Wildman–Crippen LogP) is 3.15. The molecule has 0 fully saturated rings. The highest BCUT2D eigenvalue weighted by molar-refractivity contribution is 9.10. The van der Waals surface area contributed by atoms with Gasteiger partial charge in [-0.05, 0) is 40.2 Å². The maximum Gasteiger partial charge on any atom is 0.264 e. The number of sulfonamides is 1. The lowest BCUT2D eigenvalue weighted by Gasteiger charge is -2.30. The Hall–Kier alpha value is -1.25. The Kier molecular flexibility index (Phi) is 4.33. The van der Waals surface area contributed by atoms with Crippen LogP contribution in [0.15, 0.2) is 50.9 Å². The molecule has 2 aromatic rings. The first-order chi connectivity index (χ1) is 10.5. The number of nitrogens with zero attached hydrogens (tertiary/aromatic N) is 2. The van der Waals surface area contributed by atoms with E-state index in [0.717, 1.165) is 9.37 Å². The van der Waals surface area contributed by atoms with Gasteiger partial charge in [0.15, 0.2) is 0 Å². The summed E-state index contributed by atoms with van der Waals surface area (Å²) in [6.45, 7) is 0.421. The molecule has 0 aliphatic carbocycles. The summed E-state index contributed by atoms with van der Waals surface area (Å²) in [5, 5.41) is 0. The second-order valence-corrected chi connectivity index (χ2v) is 8.39. The van der Waals surface area contributed by atoms with Crippen molar-refractivity contribution in [3.05, 3.63) is 41.1 Å². The number of benzene rings is 1. The van der Waals surface area contributed by atoms with E-state index in [1.54, 1.807) is 55.5 Å². The van der Waals surface area contributed by atoms with Crippen molar-refractivity contribution in [2.24, 2.45) is 0 Å². The molecule has 3 rings (SSSR count). The molecule has 1 aliphatic rings. The zero-order valence-corrected chi connectivity index (χ0v) is 14.9. The van der Waals surface area contributed by atoms with E-state index in [1.165, 1.54) is 4.31 Å². The average Bonchev–Trinajstić information content (AvgIpc) is 2.55. The first-order valence-corrected chi connectivity index (χ1v) is 9.69. The van der Waals surface area contributed by atoms with Gasteiger partial charge in [0.2, 0.25) is 0 Å². The summed E-state index contributed by atoms with van der Waals surface area (Å²) in [4.78, 5) is 5.24. The van der Waals surface area contributed by atoms with Crippen LogP contribution in [-0.4, -0.2) is 32.8 Å². The lowest BCUT2D eigenvalue weighted by molar-refractivity contribution is 0.414. The number of ether oxygens (including phenoxy) is 1. The van der Waals surface area contributed by atoms with E-state index in [1.807, 2.05) is 0 Å². The molecule has 0 radical (unpaired) electrons. The lowest BCUT2D eigenvalue weighted by Crippen LogP contribution is -2.35. The Morgan fingerprint density at radius 3 is 2.68 bits per heavy atom. The fraction of sp³-hybridized carbons (Fsp3) is 0.214. The molecule has 0 spiro atoms. The summed E-state index contributed by atoms with van der Waals surface area (Å²) in [6.07, 6.45) is 3.27. The van der Waals surface area contributed by atoms with Crippen LogP contribution in [0.3, 0.4) is 0 Å². The monoisotopic (exact) mass is 400 g/mol. The lowest BCUT2D eigenvalue weighted by atomic mass is 10.3. The zero-order valence-electron chi connectivity index (χ0n) is 11.7. The van der Waals surface area contributed by atoms with Gasteiger partial charge in [-0.3, -0.25) is 9.29 Å². The largest absolute Gasteiger partial charge is 0.497 e. The van der Waals surface area contributed by atoms with Gasteiger partial charge in [0.05, 0.1) is 28.4 Å². The van der Waals surface area contributed by atoms with E-state index in [-0.39, 0.29) is 4.90 Å². The molecule has 0 amide bonds. The number of thioether (sulfide) groups is 1. The maximum absolute atomic E-state index is 12.9. The molecule has 0 saturated heterocycles. The summed E-state index contributed by atoms with van der Waals surface area (Å²) in [5.41, 5.74) is 0.612. The van der Waals surface area contributed by atoms with Crippen LogP contribution in [-0.2, 0) is 10.0 Å². The van der Waals surface area contributed by atoms with Crippen molar-refractivity contribution < 1.29 is 13.2 Å². The van der Waals surface area contributed by atoms with Gasteiger partial charge in [-0.25, -0.2) is 8.42 Å². The van der Waals surface area contributed by atoms with Gasteiger partial charge < -0.3 is 4.74 Å². The Bertz CT molecular complexity index is 794. The number of hydrogen-bond acceptors (Lipinski definition) is 5. The smallest absolute Gasteiger partial charge is 0.264 e. The van der Waals surface area contributed by atoms with Gasteiger partial charge in [0, 0.05) is 23.4 Å². The second kappa shape index (κ2) is 6.10. The topological polar surface area (TPSA) is 59.5 Å². The fourth-order valence-electron chi connectivity index (χ4n) is 2.21. The van der Waals surface area contributed by atoms with Crippen molar-refractivity contribution >= 4 is 43.4 Å². The van der Waals surface area contributed by atoms with Crippen LogP contribution in [0, 0.1) is 0 Å². The third kappa shape index (κ3) is 2.70. The van der Waals surface area contributed by atoms with Gasteiger partial charge in [0.1, 0.15) is 5.75 Å². The van der Waals surface area contributed by atoms with E-state index in [0.29, 0.717) is 23.7 Å². The van der Waals surface area contributed by atoms with Crippen molar-refractivity contribution in [3.8, 4) is 5.75 Å². The van der Waals surface area contributed by atoms with E-state index >= 15 is 0 Å². The number of anilines is 1. The number of halogens is 1. The number of fused-ring (bicyclic) bond motifs is 1. The first-order valence-electron chi connectivity index (χ1n) is 6.47. The zero-order chi connectivity index (χ0) is 15.7. The minimum atomic E-state index is -3.61. The molecular formula is C14H13BrN2O3S2. The number of pyridine rings is 1. The third-order valence-electron chi connectivity index (χ3n) is 3.29. The molecular weight excluding hydrogens is 388 g/mol. The summed E-state index contributed by atoms with van der Waals surface area (Å²) >= 11 is 5.05. The summed E-state index contributed by atoms with van der Waals surface area (Å²) in [5.74, 6) is 1.32. The average molecular weight is 401 g/mol. The van der Waals surface area contributed by atoms with Crippen molar-refractivity contribution in [2.75, 3.05) is 23.7 Å². The van der Waals surface area contributed by atoms with E-state index in [2.05, 4.69) is 20.9 Å². The third-order valence-corrected chi connectivity index (χ3v) is 7.09. The number of aromatic nitrogens is 1. The van der Waals surface area contributed by atoms with Crippen molar-refractivity contribution in [1.82, 2.24) is 4.98 Å². The summed E-state index contributed by atoms with van der Waals surface area (Å²) < 4.78 is 33.1. The Labute approximate surface area is 141 Å². The molecule has 1 aliphatic heterocycles. The van der Waals surface area contributed by atoms with Crippen LogP contribution in [0.2, 0.25) is 0 Å². The molecule has 116 valence electrons. The van der Waals surface area contributed by atoms with Gasteiger partial charge in [-0.1, -0.05) is 0 Å². The van der Waals surface area contributed by atoms with Crippen LogP contribution in [0.25, 0.3) is 0 Å². The number of methoxy groups -OCH3 is 1. The van der Waals surface area contributed by atoms with Gasteiger partial charge in [-0.2, -0.15) is 0 Å². The molecule has 0 N–H and O–H groups in total. The van der Waals surface area contributed by atoms with E-state index < -0.39 is 10.0 Å². The van der Waals surface area contributed by atoms with E-state index in [9.17, 15) is 8.42 Å². The predicted molar refractivity (Wildman–Crippen MR) is 90.2 cm³/mol. The first kappa shape index (κ1) is 15.6. The Morgan fingerprint density at radius 2 is 2.00 bits per heavy atom. The van der Waals surface area contributed by atoms with Crippen molar-refractivity contribution in [2.45, 2.75) is 9.79 Å².